The van der Waals surface area contributed by atoms with Crippen LogP contribution in [-0.4, -0.2) is 43.3 Å². The van der Waals surface area contributed by atoms with Crippen molar-refractivity contribution in [3.05, 3.63) is 0 Å². The van der Waals surface area contributed by atoms with Gasteiger partial charge in [0.05, 0.1) is 12.7 Å². The summed E-state index contributed by atoms with van der Waals surface area (Å²) in [5.74, 6) is 0. The lowest BCUT2D eigenvalue weighted by molar-refractivity contribution is -0.0354. The van der Waals surface area contributed by atoms with Gasteiger partial charge >= 0.3 is 0 Å². The second kappa shape index (κ2) is 5.58. The van der Waals surface area contributed by atoms with E-state index < -0.39 is 0 Å². The summed E-state index contributed by atoms with van der Waals surface area (Å²) in [6.07, 6.45) is 2.70. The van der Waals surface area contributed by atoms with Crippen LogP contribution < -0.4 is 5.73 Å². The molecule has 2 N–H and O–H groups in total. The van der Waals surface area contributed by atoms with Crippen LogP contribution in [-0.2, 0) is 4.74 Å². The first-order valence-electron chi connectivity index (χ1n) is 5.33. The minimum Gasteiger partial charge on any atom is -0.376 e. The second-order valence-corrected chi connectivity index (χ2v) is 3.82. The van der Waals surface area contributed by atoms with E-state index in [9.17, 15) is 0 Å². The Bertz CT molecular complexity index is 141. The fraction of sp³-hybridized carbons (Fsp3) is 1.00. The van der Waals surface area contributed by atoms with Gasteiger partial charge in [0.1, 0.15) is 0 Å². The minimum absolute atomic E-state index is 0.389. The third-order valence-electron chi connectivity index (χ3n) is 2.76. The molecule has 2 unspecified atom stereocenters. The lowest BCUT2D eigenvalue weighted by atomic mass is 10.1. The lowest BCUT2D eigenvalue weighted by Gasteiger charge is -2.36. The highest BCUT2D eigenvalue weighted by Crippen LogP contribution is 2.13. The zero-order valence-electron chi connectivity index (χ0n) is 8.83. The zero-order chi connectivity index (χ0) is 9.68. The summed E-state index contributed by atoms with van der Waals surface area (Å²) in [5.41, 5.74) is 5.59. The molecule has 0 spiro atoms. The van der Waals surface area contributed by atoms with E-state index in [0.29, 0.717) is 12.1 Å². The molecule has 0 aliphatic carbocycles. The van der Waals surface area contributed by atoms with E-state index >= 15 is 0 Å². The van der Waals surface area contributed by atoms with Crippen LogP contribution in [0.2, 0.25) is 0 Å². The molecule has 0 radical (unpaired) electrons. The van der Waals surface area contributed by atoms with Crippen LogP contribution in [0.15, 0.2) is 0 Å². The summed E-state index contributed by atoms with van der Waals surface area (Å²) >= 11 is 0. The van der Waals surface area contributed by atoms with Gasteiger partial charge in [0, 0.05) is 19.1 Å². The van der Waals surface area contributed by atoms with Gasteiger partial charge in [-0.2, -0.15) is 0 Å². The highest BCUT2D eigenvalue weighted by atomic mass is 16.5. The Balaban J connectivity index is 2.37. The third-order valence-corrected chi connectivity index (χ3v) is 2.76. The van der Waals surface area contributed by atoms with E-state index in [1.165, 1.54) is 6.42 Å². The van der Waals surface area contributed by atoms with Crippen molar-refractivity contribution in [1.82, 2.24) is 4.90 Å². The molecule has 0 aromatic heterocycles. The molecule has 2 atom stereocenters. The van der Waals surface area contributed by atoms with Crippen molar-refractivity contribution in [3.8, 4) is 0 Å². The maximum atomic E-state index is 5.59. The highest BCUT2D eigenvalue weighted by Gasteiger charge is 2.22. The predicted octanol–water partition coefficient (Wildman–Crippen LogP) is 0.834. The smallest absolute Gasteiger partial charge is 0.0674 e. The van der Waals surface area contributed by atoms with Crippen molar-refractivity contribution in [2.45, 2.75) is 38.8 Å². The van der Waals surface area contributed by atoms with E-state index in [1.807, 2.05) is 0 Å². The number of ether oxygens (including phenoxy) is 1. The van der Waals surface area contributed by atoms with Crippen molar-refractivity contribution in [2.75, 3.05) is 26.2 Å². The van der Waals surface area contributed by atoms with Gasteiger partial charge in [-0.1, -0.05) is 6.92 Å². The maximum Gasteiger partial charge on any atom is 0.0674 e. The Morgan fingerprint density at radius 3 is 2.92 bits per heavy atom. The molecule has 1 aliphatic rings. The average Bonchev–Trinajstić information content (AvgIpc) is 2.14. The van der Waals surface area contributed by atoms with Gasteiger partial charge in [0.25, 0.3) is 0 Å². The Kier molecular flexibility index (Phi) is 4.70. The molecule has 13 heavy (non-hydrogen) atoms. The zero-order valence-corrected chi connectivity index (χ0v) is 8.83. The van der Waals surface area contributed by atoms with Crippen LogP contribution in [0, 0.1) is 0 Å². The van der Waals surface area contributed by atoms with E-state index in [2.05, 4.69) is 18.7 Å². The topological polar surface area (TPSA) is 38.5 Å². The molecular weight excluding hydrogens is 164 g/mol. The average molecular weight is 186 g/mol. The van der Waals surface area contributed by atoms with Gasteiger partial charge in [-0.15, -0.1) is 0 Å². The van der Waals surface area contributed by atoms with Gasteiger partial charge in [-0.05, 0) is 26.3 Å². The van der Waals surface area contributed by atoms with Crippen LogP contribution >= 0.6 is 0 Å². The summed E-state index contributed by atoms with van der Waals surface area (Å²) in [6.45, 7) is 8.19. The fourth-order valence-corrected chi connectivity index (χ4v) is 2.01. The normalized spacial score (nSPS) is 27.5. The molecule has 3 nitrogen and oxygen atoms in total. The second-order valence-electron chi connectivity index (χ2n) is 3.82. The van der Waals surface area contributed by atoms with Gasteiger partial charge in [0.2, 0.25) is 0 Å². The minimum atomic E-state index is 0.389. The molecule has 0 saturated carbocycles. The Morgan fingerprint density at radius 2 is 2.38 bits per heavy atom. The quantitative estimate of drug-likeness (QED) is 0.707. The summed E-state index contributed by atoms with van der Waals surface area (Å²) < 4.78 is 5.51. The van der Waals surface area contributed by atoms with Crippen LogP contribution in [0.4, 0.5) is 0 Å². The van der Waals surface area contributed by atoms with Crippen molar-refractivity contribution < 1.29 is 4.74 Å². The molecule has 1 heterocycles. The Labute approximate surface area is 81.2 Å². The first kappa shape index (κ1) is 11.0. The van der Waals surface area contributed by atoms with Crippen molar-refractivity contribution in [3.63, 3.8) is 0 Å². The molecular formula is C10H22N2O. The molecule has 0 aromatic carbocycles. The lowest BCUT2D eigenvalue weighted by Crippen LogP contribution is -2.47. The summed E-state index contributed by atoms with van der Waals surface area (Å²) in [5, 5.41) is 0. The number of morpholine rings is 1. The summed E-state index contributed by atoms with van der Waals surface area (Å²) in [6, 6.07) is 0.663. The molecule has 3 heteroatoms. The third kappa shape index (κ3) is 3.25. The van der Waals surface area contributed by atoms with E-state index in [4.69, 9.17) is 10.5 Å². The highest BCUT2D eigenvalue weighted by molar-refractivity contribution is 4.76. The molecule has 0 aromatic rings. The van der Waals surface area contributed by atoms with Crippen molar-refractivity contribution >= 4 is 0 Å². The summed E-state index contributed by atoms with van der Waals surface area (Å²) in [4.78, 5) is 2.51. The predicted molar refractivity (Wildman–Crippen MR) is 54.7 cm³/mol. The molecule has 1 aliphatic heterocycles. The number of hydrogen-bond acceptors (Lipinski definition) is 3. The monoisotopic (exact) mass is 186 g/mol. The number of nitrogens with two attached hydrogens (primary N) is 1. The van der Waals surface area contributed by atoms with E-state index in [0.717, 1.165) is 32.7 Å². The molecule has 1 fully saturated rings. The summed E-state index contributed by atoms with van der Waals surface area (Å²) in [7, 11) is 0. The van der Waals surface area contributed by atoms with E-state index in [-0.39, 0.29) is 0 Å². The molecule has 1 saturated heterocycles. The number of rotatable bonds is 4. The molecule has 78 valence electrons. The van der Waals surface area contributed by atoms with E-state index in [1.54, 1.807) is 0 Å². The molecule has 0 amide bonds. The van der Waals surface area contributed by atoms with Crippen molar-refractivity contribution in [2.24, 2.45) is 5.73 Å². The van der Waals surface area contributed by atoms with Gasteiger partial charge in [-0.25, -0.2) is 0 Å². The largest absolute Gasteiger partial charge is 0.376 e. The maximum absolute atomic E-state index is 5.59. The molecule has 1 rings (SSSR count). The van der Waals surface area contributed by atoms with Crippen LogP contribution in [0.25, 0.3) is 0 Å². The number of nitrogens with zero attached hydrogens (tertiary/aromatic N) is 1. The standard InChI is InChI=1S/C10H22N2O/c1-3-10(4-5-11)12-6-7-13-9(2)8-12/h9-10H,3-8,11H2,1-2H3. The van der Waals surface area contributed by atoms with Crippen molar-refractivity contribution in [1.29, 1.82) is 0 Å². The Hall–Kier alpha value is -0.120. The molecule has 0 bridgehead atoms. The van der Waals surface area contributed by atoms with Crippen LogP contribution in [0.3, 0.4) is 0 Å². The van der Waals surface area contributed by atoms with Gasteiger partial charge in [0.15, 0.2) is 0 Å². The fourth-order valence-electron chi connectivity index (χ4n) is 2.01. The first-order chi connectivity index (χ1) is 6.27. The SMILES string of the molecule is CCC(CCN)N1CCOC(C)C1. The van der Waals surface area contributed by atoms with Gasteiger partial charge in [-0.3, -0.25) is 4.90 Å². The Morgan fingerprint density at radius 1 is 1.62 bits per heavy atom. The van der Waals surface area contributed by atoms with Crippen LogP contribution in [0.1, 0.15) is 26.7 Å². The van der Waals surface area contributed by atoms with Gasteiger partial charge < -0.3 is 10.5 Å². The first-order valence-corrected chi connectivity index (χ1v) is 5.33. The number of hydrogen-bond donors (Lipinski definition) is 1. The van der Waals surface area contributed by atoms with Crippen LogP contribution in [0.5, 0.6) is 0 Å².